The van der Waals surface area contributed by atoms with Crippen LogP contribution in [0.2, 0.25) is 0 Å². The lowest BCUT2D eigenvalue weighted by atomic mass is 9.98. The molecule has 3 heterocycles. The van der Waals surface area contributed by atoms with Crippen molar-refractivity contribution in [2.75, 3.05) is 6.54 Å². The average Bonchev–Trinajstić information content (AvgIpc) is 3.00. The Bertz CT molecular complexity index is 734. The first-order chi connectivity index (χ1) is 13.3. The molecule has 0 spiro atoms. The monoisotopic (exact) mass is 390 g/mol. The van der Waals surface area contributed by atoms with E-state index >= 15 is 0 Å². The molecule has 1 fully saturated rings. The lowest BCUT2D eigenvalue weighted by Crippen LogP contribution is -2.47. The Kier molecular flexibility index (Phi) is 9.42. The van der Waals surface area contributed by atoms with Crippen LogP contribution in [0.25, 0.3) is 5.78 Å². The highest BCUT2D eigenvalue weighted by Crippen LogP contribution is 2.24. The largest absolute Gasteiger partial charge is 0.444 e. The maximum atomic E-state index is 12.5. The van der Waals surface area contributed by atoms with Gasteiger partial charge in [0, 0.05) is 37.1 Å². The number of imidazole rings is 1. The lowest BCUT2D eigenvalue weighted by Gasteiger charge is -2.36. The highest BCUT2D eigenvalue weighted by atomic mass is 16.6. The molecule has 1 amide bonds. The molecule has 0 radical (unpaired) electrons. The number of rotatable bonds is 2. The Morgan fingerprint density at radius 1 is 1.21 bits per heavy atom. The van der Waals surface area contributed by atoms with Crippen molar-refractivity contribution in [2.24, 2.45) is 0 Å². The molecule has 6 nitrogen and oxygen atoms in total. The van der Waals surface area contributed by atoms with Crippen LogP contribution < -0.4 is 0 Å². The molecule has 6 heteroatoms. The van der Waals surface area contributed by atoms with Gasteiger partial charge in [-0.2, -0.15) is 0 Å². The second kappa shape index (κ2) is 11.0. The number of aryl methyl sites for hydroxylation is 1. The van der Waals surface area contributed by atoms with Crippen LogP contribution in [0.15, 0.2) is 18.5 Å². The Hall–Kier alpha value is -2.11. The first-order valence-electron chi connectivity index (χ1n) is 10.6. The van der Waals surface area contributed by atoms with Gasteiger partial charge >= 0.3 is 6.09 Å². The van der Waals surface area contributed by atoms with E-state index in [1.54, 1.807) is 6.20 Å². The van der Waals surface area contributed by atoms with E-state index in [4.69, 9.17) is 4.74 Å². The molecule has 0 saturated carbocycles. The molecule has 1 aliphatic heterocycles. The van der Waals surface area contributed by atoms with Gasteiger partial charge in [-0.15, -0.1) is 0 Å². The topological polar surface area (TPSA) is 59.7 Å². The predicted molar refractivity (Wildman–Crippen MR) is 115 cm³/mol. The van der Waals surface area contributed by atoms with E-state index in [2.05, 4.69) is 16.9 Å². The van der Waals surface area contributed by atoms with Crippen LogP contribution in [0.3, 0.4) is 0 Å². The van der Waals surface area contributed by atoms with Crippen LogP contribution in [0.5, 0.6) is 0 Å². The number of fused-ring (bicyclic) bond motifs is 1. The minimum atomic E-state index is -0.470. The fourth-order valence-corrected chi connectivity index (χ4v) is 3.24. The van der Waals surface area contributed by atoms with Crippen LogP contribution in [-0.2, 0) is 11.2 Å². The Morgan fingerprint density at radius 2 is 1.89 bits per heavy atom. The number of carbonyl (C=O) groups excluding carboxylic acids is 1. The van der Waals surface area contributed by atoms with Crippen LogP contribution in [0.1, 0.15) is 79.1 Å². The molecule has 2 aromatic heterocycles. The molecular formula is C22H38N4O2. The number of aromatic nitrogens is 3. The number of carbonyl (C=O) groups is 1. The number of hydrogen-bond acceptors (Lipinski definition) is 4. The van der Waals surface area contributed by atoms with Crippen molar-refractivity contribution < 1.29 is 9.53 Å². The van der Waals surface area contributed by atoms with Crippen molar-refractivity contribution in [1.82, 2.24) is 19.3 Å². The van der Waals surface area contributed by atoms with E-state index in [1.807, 2.05) is 70.0 Å². The molecule has 0 aliphatic carbocycles. The first kappa shape index (κ1) is 23.9. The summed E-state index contributed by atoms with van der Waals surface area (Å²) in [4.78, 5) is 23.4. The standard InChI is InChI=1S/C18H26N4O2.2C2H6/c1-13-15(20-16-19-9-7-11-21(13)16)12-14-8-5-6-10-22(14)17(23)24-18(2,3)4;2*1-2/h7,9,11,14H,5-6,8,10,12H2,1-4H3;2*1-2H3/t14-;;/m0../s1. The van der Waals surface area contributed by atoms with Gasteiger partial charge in [-0.25, -0.2) is 14.8 Å². The third kappa shape index (κ3) is 6.21. The maximum Gasteiger partial charge on any atom is 0.410 e. The molecule has 1 saturated heterocycles. The summed E-state index contributed by atoms with van der Waals surface area (Å²) in [5, 5.41) is 0. The van der Waals surface area contributed by atoms with Crippen molar-refractivity contribution >= 4 is 11.9 Å². The Balaban J connectivity index is 0.000000921. The van der Waals surface area contributed by atoms with Gasteiger partial charge in [0.2, 0.25) is 5.78 Å². The molecule has 0 unspecified atom stereocenters. The number of nitrogens with zero attached hydrogens (tertiary/aromatic N) is 4. The summed E-state index contributed by atoms with van der Waals surface area (Å²) in [6.45, 7) is 16.5. The second-order valence-electron chi connectivity index (χ2n) is 7.46. The molecular weight excluding hydrogens is 352 g/mol. The Morgan fingerprint density at radius 3 is 2.50 bits per heavy atom. The highest BCUT2D eigenvalue weighted by molar-refractivity contribution is 5.68. The second-order valence-corrected chi connectivity index (χ2v) is 7.46. The molecule has 0 bridgehead atoms. The van der Waals surface area contributed by atoms with Crippen molar-refractivity contribution in [2.45, 2.75) is 92.7 Å². The van der Waals surface area contributed by atoms with Gasteiger partial charge < -0.3 is 9.64 Å². The fourth-order valence-electron chi connectivity index (χ4n) is 3.24. The van der Waals surface area contributed by atoms with Gasteiger partial charge in [0.05, 0.1) is 5.69 Å². The summed E-state index contributed by atoms with van der Waals surface area (Å²) in [5.41, 5.74) is 1.63. The summed E-state index contributed by atoms with van der Waals surface area (Å²) >= 11 is 0. The molecule has 0 N–H and O–H groups in total. The van der Waals surface area contributed by atoms with Crippen molar-refractivity contribution in [3.8, 4) is 0 Å². The summed E-state index contributed by atoms with van der Waals surface area (Å²) in [7, 11) is 0. The van der Waals surface area contributed by atoms with E-state index < -0.39 is 5.60 Å². The van der Waals surface area contributed by atoms with E-state index in [0.717, 1.165) is 43.6 Å². The van der Waals surface area contributed by atoms with Crippen molar-refractivity contribution in [3.63, 3.8) is 0 Å². The van der Waals surface area contributed by atoms with E-state index in [-0.39, 0.29) is 12.1 Å². The molecule has 2 aromatic rings. The minimum Gasteiger partial charge on any atom is -0.444 e. The van der Waals surface area contributed by atoms with Gasteiger partial charge in [0.25, 0.3) is 0 Å². The average molecular weight is 391 g/mol. The van der Waals surface area contributed by atoms with Gasteiger partial charge in [0.15, 0.2) is 0 Å². The zero-order valence-corrected chi connectivity index (χ0v) is 19.0. The number of piperidine rings is 1. The number of ether oxygens (including phenoxy) is 1. The smallest absolute Gasteiger partial charge is 0.410 e. The number of likely N-dealkylation sites (tertiary alicyclic amines) is 1. The third-order valence-corrected chi connectivity index (χ3v) is 4.42. The molecule has 158 valence electrons. The Labute approximate surface area is 170 Å². The van der Waals surface area contributed by atoms with Gasteiger partial charge in [-0.1, -0.05) is 27.7 Å². The van der Waals surface area contributed by atoms with Crippen molar-refractivity contribution in [1.29, 1.82) is 0 Å². The van der Waals surface area contributed by atoms with Crippen LogP contribution in [-0.4, -0.2) is 43.5 Å². The minimum absolute atomic E-state index is 0.136. The molecule has 28 heavy (non-hydrogen) atoms. The summed E-state index contributed by atoms with van der Waals surface area (Å²) in [5.74, 6) is 0.713. The van der Waals surface area contributed by atoms with Crippen LogP contribution in [0, 0.1) is 6.92 Å². The summed E-state index contributed by atoms with van der Waals surface area (Å²) in [6, 6.07) is 2.04. The highest BCUT2D eigenvalue weighted by Gasteiger charge is 2.31. The molecule has 1 atom stereocenters. The molecule has 3 rings (SSSR count). The SMILES string of the molecule is CC.CC.Cc1c(C[C@@H]2CCCCN2C(=O)OC(C)(C)C)nc2ncccn12. The quantitative estimate of drug-likeness (QED) is 0.687. The van der Waals surface area contributed by atoms with Crippen LogP contribution >= 0.6 is 0 Å². The lowest BCUT2D eigenvalue weighted by molar-refractivity contribution is 0.00984. The van der Waals surface area contributed by atoms with E-state index in [0.29, 0.717) is 5.78 Å². The van der Waals surface area contributed by atoms with Gasteiger partial charge in [-0.05, 0) is 53.0 Å². The van der Waals surface area contributed by atoms with Gasteiger partial charge in [-0.3, -0.25) is 4.40 Å². The molecule has 0 aromatic carbocycles. The van der Waals surface area contributed by atoms with E-state index in [1.165, 1.54) is 0 Å². The first-order valence-corrected chi connectivity index (χ1v) is 10.6. The zero-order chi connectivity index (χ0) is 21.3. The number of amides is 1. The summed E-state index contributed by atoms with van der Waals surface area (Å²) in [6.07, 6.45) is 7.40. The fraction of sp³-hybridized carbons (Fsp3) is 0.682. The van der Waals surface area contributed by atoms with Gasteiger partial charge in [0.1, 0.15) is 5.60 Å². The maximum absolute atomic E-state index is 12.5. The predicted octanol–water partition coefficient (Wildman–Crippen LogP) is 5.42. The van der Waals surface area contributed by atoms with Crippen molar-refractivity contribution in [3.05, 3.63) is 29.8 Å². The zero-order valence-electron chi connectivity index (χ0n) is 19.0. The van der Waals surface area contributed by atoms with Crippen LogP contribution in [0.4, 0.5) is 4.79 Å². The molecule has 1 aliphatic rings. The van der Waals surface area contributed by atoms with E-state index in [9.17, 15) is 4.79 Å². The number of hydrogen-bond donors (Lipinski definition) is 0. The third-order valence-electron chi connectivity index (χ3n) is 4.42. The normalized spacial score (nSPS) is 16.6. The summed E-state index contributed by atoms with van der Waals surface area (Å²) < 4.78 is 7.58.